The molecule has 0 aliphatic rings. The molecule has 156 valence electrons. The van der Waals surface area contributed by atoms with Crippen molar-refractivity contribution in [1.82, 2.24) is 10.2 Å². The number of halogens is 3. The van der Waals surface area contributed by atoms with Crippen molar-refractivity contribution < 1.29 is 9.59 Å². The van der Waals surface area contributed by atoms with Gasteiger partial charge in [-0.05, 0) is 55.7 Å². The highest BCUT2D eigenvalue weighted by molar-refractivity contribution is 9.10. The Kier molecular flexibility index (Phi) is 9.00. The van der Waals surface area contributed by atoms with Gasteiger partial charge in [-0.1, -0.05) is 64.3 Å². The Morgan fingerprint density at radius 2 is 1.79 bits per heavy atom. The minimum Gasteiger partial charge on any atom is -0.352 e. The maximum Gasteiger partial charge on any atom is 0.242 e. The molecule has 0 bridgehead atoms. The summed E-state index contributed by atoms with van der Waals surface area (Å²) < 4.78 is 0.920. The SMILES string of the molecule is CC[C@@H](C)NC(=O)[C@H](C)N(Cc1cccc(Br)c1)C(=O)Cc1ccc(Cl)c(Cl)c1. The van der Waals surface area contributed by atoms with Crippen LogP contribution in [0.3, 0.4) is 0 Å². The Morgan fingerprint density at radius 1 is 1.07 bits per heavy atom. The molecule has 2 aromatic rings. The largest absolute Gasteiger partial charge is 0.352 e. The lowest BCUT2D eigenvalue weighted by molar-refractivity contribution is -0.140. The van der Waals surface area contributed by atoms with E-state index < -0.39 is 6.04 Å². The molecule has 2 atom stereocenters. The zero-order valence-corrected chi connectivity index (χ0v) is 19.8. The smallest absolute Gasteiger partial charge is 0.242 e. The Balaban J connectivity index is 2.25. The van der Waals surface area contributed by atoms with E-state index in [-0.39, 0.29) is 24.3 Å². The third-order valence-electron chi connectivity index (χ3n) is 4.75. The average Bonchev–Trinajstić information content (AvgIpc) is 2.68. The van der Waals surface area contributed by atoms with E-state index in [0.29, 0.717) is 16.6 Å². The molecule has 0 spiro atoms. The molecule has 2 aromatic carbocycles. The van der Waals surface area contributed by atoms with Crippen molar-refractivity contribution >= 4 is 50.9 Å². The first-order valence-electron chi connectivity index (χ1n) is 9.49. The fourth-order valence-corrected chi connectivity index (χ4v) is 3.57. The first-order chi connectivity index (χ1) is 13.7. The summed E-state index contributed by atoms with van der Waals surface area (Å²) in [4.78, 5) is 27.5. The second kappa shape index (κ2) is 11.0. The molecule has 2 amide bonds. The average molecular weight is 500 g/mol. The van der Waals surface area contributed by atoms with Crippen molar-refractivity contribution in [2.75, 3.05) is 0 Å². The van der Waals surface area contributed by atoms with E-state index in [4.69, 9.17) is 23.2 Å². The molecule has 0 aromatic heterocycles. The van der Waals surface area contributed by atoms with E-state index in [1.165, 1.54) is 0 Å². The van der Waals surface area contributed by atoms with Crippen LogP contribution in [-0.4, -0.2) is 28.8 Å². The Hall–Kier alpha value is -1.56. The summed E-state index contributed by atoms with van der Waals surface area (Å²) in [5, 5.41) is 3.80. The fourth-order valence-electron chi connectivity index (χ4n) is 2.81. The van der Waals surface area contributed by atoms with Crippen LogP contribution >= 0.6 is 39.1 Å². The summed E-state index contributed by atoms with van der Waals surface area (Å²) in [6.45, 7) is 6.03. The number of carbonyl (C=O) groups is 2. The van der Waals surface area contributed by atoms with Crippen molar-refractivity contribution in [2.24, 2.45) is 0 Å². The highest BCUT2D eigenvalue weighted by Gasteiger charge is 2.27. The lowest BCUT2D eigenvalue weighted by atomic mass is 10.1. The minimum atomic E-state index is -0.613. The third-order valence-corrected chi connectivity index (χ3v) is 5.98. The van der Waals surface area contributed by atoms with Crippen LogP contribution in [0.2, 0.25) is 10.0 Å². The van der Waals surface area contributed by atoms with Gasteiger partial charge in [-0.25, -0.2) is 0 Å². The van der Waals surface area contributed by atoms with Crippen LogP contribution in [0.15, 0.2) is 46.9 Å². The van der Waals surface area contributed by atoms with E-state index in [9.17, 15) is 9.59 Å². The summed E-state index contributed by atoms with van der Waals surface area (Å²) in [5.74, 6) is -0.327. The number of nitrogens with zero attached hydrogens (tertiary/aromatic N) is 1. The summed E-state index contributed by atoms with van der Waals surface area (Å²) in [5.41, 5.74) is 1.68. The van der Waals surface area contributed by atoms with Gasteiger partial charge >= 0.3 is 0 Å². The lowest BCUT2D eigenvalue weighted by Gasteiger charge is -2.30. The highest BCUT2D eigenvalue weighted by atomic mass is 79.9. The summed E-state index contributed by atoms with van der Waals surface area (Å²) in [7, 11) is 0. The molecular weight excluding hydrogens is 475 g/mol. The van der Waals surface area contributed by atoms with Gasteiger partial charge in [0.2, 0.25) is 11.8 Å². The van der Waals surface area contributed by atoms with Crippen molar-refractivity contribution in [2.45, 2.75) is 52.2 Å². The van der Waals surface area contributed by atoms with Crippen LogP contribution in [0.25, 0.3) is 0 Å². The molecule has 0 fully saturated rings. The molecule has 0 saturated carbocycles. The maximum absolute atomic E-state index is 13.2. The molecule has 0 heterocycles. The van der Waals surface area contributed by atoms with Crippen LogP contribution in [0.4, 0.5) is 0 Å². The van der Waals surface area contributed by atoms with Gasteiger partial charge in [-0.2, -0.15) is 0 Å². The monoisotopic (exact) mass is 498 g/mol. The first kappa shape index (κ1) is 23.7. The normalized spacial score (nSPS) is 12.9. The maximum atomic E-state index is 13.2. The highest BCUT2D eigenvalue weighted by Crippen LogP contribution is 2.23. The molecule has 2 rings (SSSR count). The molecule has 4 nitrogen and oxygen atoms in total. The Labute approximate surface area is 190 Å². The molecule has 7 heteroatoms. The van der Waals surface area contributed by atoms with Crippen molar-refractivity contribution in [3.63, 3.8) is 0 Å². The number of amides is 2. The summed E-state index contributed by atoms with van der Waals surface area (Å²) in [6, 6.07) is 12.3. The molecular formula is C22H25BrCl2N2O2. The van der Waals surface area contributed by atoms with E-state index in [2.05, 4.69) is 21.2 Å². The molecule has 1 N–H and O–H groups in total. The molecule has 0 saturated heterocycles. The van der Waals surface area contributed by atoms with E-state index in [1.807, 2.05) is 38.1 Å². The Morgan fingerprint density at radius 3 is 2.41 bits per heavy atom. The lowest BCUT2D eigenvalue weighted by Crippen LogP contribution is -2.49. The van der Waals surface area contributed by atoms with Crippen LogP contribution in [0.5, 0.6) is 0 Å². The predicted octanol–water partition coefficient (Wildman–Crippen LogP) is 5.63. The van der Waals surface area contributed by atoms with Crippen molar-refractivity contribution in [1.29, 1.82) is 0 Å². The van der Waals surface area contributed by atoms with E-state index in [1.54, 1.807) is 30.0 Å². The number of carbonyl (C=O) groups excluding carboxylic acids is 2. The van der Waals surface area contributed by atoms with Gasteiger partial charge in [-0.3, -0.25) is 9.59 Å². The molecule has 0 radical (unpaired) electrons. The summed E-state index contributed by atoms with van der Waals surface area (Å²) >= 11 is 15.5. The third kappa shape index (κ3) is 7.02. The fraction of sp³-hybridized carbons (Fsp3) is 0.364. The summed E-state index contributed by atoms with van der Waals surface area (Å²) in [6.07, 6.45) is 0.952. The zero-order valence-electron chi connectivity index (χ0n) is 16.7. The molecule has 29 heavy (non-hydrogen) atoms. The number of rotatable bonds is 8. The minimum absolute atomic E-state index is 0.0443. The Bertz CT molecular complexity index is 876. The zero-order chi connectivity index (χ0) is 21.6. The number of hydrogen-bond donors (Lipinski definition) is 1. The van der Waals surface area contributed by atoms with Gasteiger partial charge in [0.1, 0.15) is 6.04 Å². The van der Waals surface area contributed by atoms with Gasteiger partial charge in [0, 0.05) is 17.1 Å². The molecule has 0 aliphatic carbocycles. The second-order valence-electron chi connectivity index (χ2n) is 7.07. The van der Waals surface area contributed by atoms with Crippen molar-refractivity contribution in [3.8, 4) is 0 Å². The standard InChI is InChI=1S/C22H25BrCl2N2O2/c1-4-14(2)26-22(29)15(3)27(13-17-6-5-7-18(23)10-17)21(28)12-16-8-9-19(24)20(25)11-16/h5-11,14-15H,4,12-13H2,1-3H3,(H,26,29)/t14-,15+/m1/s1. The van der Waals surface area contributed by atoms with Crippen LogP contribution in [0.1, 0.15) is 38.3 Å². The van der Waals surface area contributed by atoms with Gasteiger partial charge in [0.15, 0.2) is 0 Å². The van der Waals surface area contributed by atoms with Crippen LogP contribution in [-0.2, 0) is 22.6 Å². The van der Waals surface area contributed by atoms with Crippen molar-refractivity contribution in [3.05, 3.63) is 68.1 Å². The van der Waals surface area contributed by atoms with Gasteiger partial charge in [0.25, 0.3) is 0 Å². The van der Waals surface area contributed by atoms with Crippen LogP contribution < -0.4 is 5.32 Å². The van der Waals surface area contributed by atoms with Gasteiger partial charge < -0.3 is 10.2 Å². The van der Waals surface area contributed by atoms with E-state index in [0.717, 1.165) is 22.0 Å². The number of benzene rings is 2. The number of hydrogen-bond acceptors (Lipinski definition) is 2. The predicted molar refractivity (Wildman–Crippen MR) is 122 cm³/mol. The topological polar surface area (TPSA) is 49.4 Å². The molecule has 0 aliphatic heterocycles. The van der Waals surface area contributed by atoms with Crippen LogP contribution in [0, 0.1) is 0 Å². The van der Waals surface area contributed by atoms with E-state index >= 15 is 0 Å². The van der Waals surface area contributed by atoms with Gasteiger partial charge in [-0.15, -0.1) is 0 Å². The first-order valence-corrected chi connectivity index (χ1v) is 11.0. The van der Waals surface area contributed by atoms with Gasteiger partial charge in [0.05, 0.1) is 16.5 Å². The second-order valence-corrected chi connectivity index (χ2v) is 8.80. The quantitative estimate of drug-likeness (QED) is 0.511. The molecule has 0 unspecified atom stereocenters. The number of nitrogens with one attached hydrogen (secondary N) is 1.